The zero-order valence-corrected chi connectivity index (χ0v) is 10.4. The maximum absolute atomic E-state index is 12.3. The first-order chi connectivity index (χ1) is 7.97. The number of halogens is 3. The second-order valence-electron chi connectivity index (χ2n) is 3.51. The van der Waals surface area contributed by atoms with E-state index in [1.807, 2.05) is 6.92 Å². The van der Waals surface area contributed by atoms with E-state index in [-0.39, 0.29) is 11.2 Å². The lowest BCUT2D eigenvalue weighted by Gasteiger charge is -2.15. The molecule has 0 spiro atoms. The molecule has 0 saturated carbocycles. The Hall–Kier alpha value is -0.890. The third-order valence-corrected chi connectivity index (χ3v) is 2.66. The van der Waals surface area contributed by atoms with Gasteiger partial charge in [-0.3, -0.25) is 0 Å². The van der Waals surface area contributed by atoms with Gasteiger partial charge in [0.05, 0.1) is 12.6 Å². The van der Waals surface area contributed by atoms with E-state index in [2.05, 4.69) is 14.7 Å². The zero-order valence-electron chi connectivity index (χ0n) is 9.54. The molecule has 0 aliphatic rings. The standard InChI is InChI=1S/C9H14F3N3OS/c1-3-4-6(5-16-2)13-8-14-7(15-17-8)9(10,11)12/h6H,3-5H2,1-2H3,(H,13,14,15). The molecule has 4 nitrogen and oxygen atoms in total. The number of methoxy groups -OCH3 is 1. The molecule has 0 aliphatic carbocycles. The lowest BCUT2D eigenvalue weighted by molar-refractivity contribution is -0.144. The predicted molar refractivity (Wildman–Crippen MR) is 59.1 cm³/mol. The highest BCUT2D eigenvalue weighted by Gasteiger charge is 2.36. The second kappa shape index (κ2) is 6.15. The SMILES string of the molecule is CCCC(COC)Nc1nc(C(F)(F)F)ns1. The number of nitrogens with zero attached hydrogens (tertiary/aromatic N) is 2. The lowest BCUT2D eigenvalue weighted by atomic mass is 10.2. The maximum Gasteiger partial charge on any atom is 0.452 e. The van der Waals surface area contributed by atoms with E-state index in [4.69, 9.17) is 4.74 Å². The van der Waals surface area contributed by atoms with Crippen molar-refractivity contribution in [1.82, 2.24) is 9.36 Å². The summed E-state index contributed by atoms with van der Waals surface area (Å²) in [5.41, 5.74) is 0. The summed E-state index contributed by atoms with van der Waals surface area (Å²) < 4.78 is 45.0. The molecule has 1 unspecified atom stereocenters. The Morgan fingerprint density at radius 3 is 2.65 bits per heavy atom. The summed E-state index contributed by atoms with van der Waals surface area (Å²) in [6.45, 7) is 2.42. The molecule has 0 radical (unpaired) electrons. The van der Waals surface area contributed by atoms with Crippen LogP contribution in [0.3, 0.4) is 0 Å². The number of alkyl halides is 3. The molecule has 0 aliphatic heterocycles. The molecule has 1 aromatic rings. The van der Waals surface area contributed by atoms with Crippen molar-refractivity contribution in [3.05, 3.63) is 5.82 Å². The second-order valence-corrected chi connectivity index (χ2v) is 4.26. The van der Waals surface area contributed by atoms with Crippen LogP contribution in [0.25, 0.3) is 0 Å². The summed E-state index contributed by atoms with van der Waals surface area (Å²) in [6.07, 6.45) is -2.78. The van der Waals surface area contributed by atoms with Crippen LogP contribution in [0.1, 0.15) is 25.6 Å². The third-order valence-electron chi connectivity index (χ3n) is 2.01. The molecule has 0 aromatic carbocycles. The molecule has 1 rings (SSSR count). The molecule has 0 amide bonds. The summed E-state index contributed by atoms with van der Waals surface area (Å²) in [7, 11) is 1.55. The van der Waals surface area contributed by atoms with E-state index in [0.717, 1.165) is 12.8 Å². The van der Waals surface area contributed by atoms with Gasteiger partial charge in [0.15, 0.2) is 0 Å². The molecule has 8 heteroatoms. The van der Waals surface area contributed by atoms with E-state index in [1.165, 1.54) is 0 Å². The Bertz CT molecular complexity index is 336. The van der Waals surface area contributed by atoms with Gasteiger partial charge in [-0.2, -0.15) is 22.5 Å². The van der Waals surface area contributed by atoms with Gasteiger partial charge in [-0.25, -0.2) is 0 Å². The molecule has 1 aromatic heterocycles. The van der Waals surface area contributed by atoms with Gasteiger partial charge < -0.3 is 10.1 Å². The van der Waals surface area contributed by atoms with Crippen LogP contribution in [0.5, 0.6) is 0 Å². The van der Waals surface area contributed by atoms with Gasteiger partial charge in [-0.05, 0) is 6.42 Å². The summed E-state index contributed by atoms with van der Waals surface area (Å²) >= 11 is 0.709. The van der Waals surface area contributed by atoms with Crippen molar-refractivity contribution in [1.29, 1.82) is 0 Å². The van der Waals surface area contributed by atoms with E-state index in [1.54, 1.807) is 7.11 Å². The minimum atomic E-state index is -4.49. The van der Waals surface area contributed by atoms with Crippen LogP contribution in [-0.4, -0.2) is 29.1 Å². The topological polar surface area (TPSA) is 47.0 Å². The Morgan fingerprint density at radius 2 is 2.18 bits per heavy atom. The highest BCUT2D eigenvalue weighted by atomic mass is 32.1. The van der Waals surface area contributed by atoms with Crippen molar-refractivity contribution >= 4 is 16.7 Å². The quantitative estimate of drug-likeness (QED) is 0.862. The number of hydrogen-bond acceptors (Lipinski definition) is 5. The molecule has 1 N–H and O–H groups in total. The molecule has 0 saturated heterocycles. The monoisotopic (exact) mass is 269 g/mol. The Kier molecular flexibility index (Phi) is 5.13. The van der Waals surface area contributed by atoms with Crippen LogP contribution >= 0.6 is 11.5 Å². The molecular formula is C9H14F3N3OS. The molecule has 1 heterocycles. The first-order valence-corrected chi connectivity index (χ1v) is 5.91. The molecular weight excluding hydrogens is 255 g/mol. The van der Waals surface area contributed by atoms with Gasteiger partial charge in [0.1, 0.15) is 0 Å². The molecule has 0 fully saturated rings. The summed E-state index contributed by atoms with van der Waals surface area (Å²) in [4.78, 5) is 3.40. The van der Waals surface area contributed by atoms with Gasteiger partial charge in [-0.15, -0.1) is 0 Å². The highest BCUT2D eigenvalue weighted by molar-refractivity contribution is 7.09. The van der Waals surface area contributed by atoms with Crippen LogP contribution in [0, 0.1) is 0 Å². The third kappa shape index (κ3) is 4.47. The van der Waals surface area contributed by atoms with Crippen molar-refractivity contribution in [3.63, 3.8) is 0 Å². The minimum absolute atomic E-state index is 0.0426. The van der Waals surface area contributed by atoms with Crippen molar-refractivity contribution in [3.8, 4) is 0 Å². The lowest BCUT2D eigenvalue weighted by Crippen LogP contribution is -2.24. The van der Waals surface area contributed by atoms with Crippen molar-refractivity contribution in [2.75, 3.05) is 19.0 Å². The summed E-state index contributed by atoms with van der Waals surface area (Å²) in [5, 5.41) is 3.07. The van der Waals surface area contributed by atoms with Crippen LogP contribution in [0.15, 0.2) is 0 Å². The zero-order chi connectivity index (χ0) is 12.9. The van der Waals surface area contributed by atoms with E-state index in [0.29, 0.717) is 18.1 Å². The Balaban J connectivity index is 2.63. The molecule has 98 valence electrons. The van der Waals surface area contributed by atoms with E-state index < -0.39 is 12.0 Å². The van der Waals surface area contributed by atoms with Gasteiger partial charge in [0, 0.05) is 18.6 Å². The molecule has 17 heavy (non-hydrogen) atoms. The fourth-order valence-corrected chi connectivity index (χ4v) is 1.98. The summed E-state index contributed by atoms with van der Waals surface area (Å²) in [5.74, 6) is -1.10. The normalized spacial score (nSPS) is 13.7. The summed E-state index contributed by atoms with van der Waals surface area (Å²) in [6, 6.07) is -0.0426. The van der Waals surface area contributed by atoms with Crippen LogP contribution in [0.2, 0.25) is 0 Å². The number of ether oxygens (including phenoxy) is 1. The number of hydrogen-bond donors (Lipinski definition) is 1. The number of anilines is 1. The van der Waals surface area contributed by atoms with E-state index >= 15 is 0 Å². The number of aromatic nitrogens is 2. The molecule has 0 bridgehead atoms. The average Bonchev–Trinajstić information content (AvgIpc) is 2.66. The van der Waals surface area contributed by atoms with E-state index in [9.17, 15) is 13.2 Å². The van der Waals surface area contributed by atoms with Crippen molar-refractivity contribution in [2.45, 2.75) is 32.0 Å². The largest absolute Gasteiger partial charge is 0.452 e. The van der Waals surface area contributed by atoms with Gasteiger partial charge in [0.2, 0.25) is 11.0 Å². The first kappa shape index (κ1) is 14.2. The van der Waals surface area contributed by atoms with Crippen molar-refractivity contribution < 1.29 is 17.9 Å². The van der Waals surface area contributed by atoms with Gasteiger partial charge >= 0.3 is 6.18 Å². The average molecular weight is 269 g/mol. The van der Waals surface area contributed by atoms with Gasteiger partial charge in [0.25, 0.3) is 0 Å². The Labute approximate surface area is 101 Å². The predicted octanol–water partition coefficient (Wildman–Crippen LogP) is 2.78. The number of rotatable bonds is 6. The van der Waals surface area contributed by atoms with Crippen LogP contribution in [-0.2, 0) is 10.9 Å². The van der Waals surface area contributed by atoms with Crippen LogP contribution < -0.4 is 5.32 Å². The smallest absolute Gasteiger partial charge is 0.383 e. The van der Waals surface area contributed by atoms with Crippen LogP contribution in [0.4, 0.5) is 18.3 Å². The fourth-order valence-electron chi connectivity index (χ4n) is 1.32. The van der Waals surface area contributed by atoms with Crippen molar-refractivity contribution in [2.24, 2.45) is 0 Å². The highest BCUT2D eigenvalue weighted by Crippen LogP contribution is 2.29. The van der Waals surface area contributed by atoms with Gasteiger partial charge in [-0.1, -0.05) is 13.3 Å². The fraction of sp³-hybridized carbons (Fsp3) is 0.778. The minimum Gasteiger partial charge on any atom is -0.383 e. The Morgan fingerprint density at radius 1 is 1.47 bits per heavy atom. The first-order valence-electron chi connectivity index (χ1n) is 5.13. The number of nitrogens with one attached hydrogen (secondary N) is 1. The molecule has 1 atom stereocenters. The maximum atomic E-state index is 12.3.